The van der Waals surface area contributed by atoms with Crippen molar-refractivity contribution in [1.29, 1.82) is 0 Å². The fourth-order valence-electron chi connectivity index (χ4n) is 1.94. The van der Waals surface area contributed by atoms with Gasteiger partial charge in [-0.25, -0.2) is 12.7 Å². The van der Waals surface area contributed by atoms with Crippen LogP contribution in [-0.4, -0.2) is 32.3 Å². The number of benzene rings is 1. The van der Waals surface area contributed by atoms with Gasteiger partial charge in [-0.2, -0.15) is 13.2 Å². The molecule has 2 aromatic rings. The first-order valence-electron chi connectivity index (χ1n) is 6.85. The summed E-state index contributed by atoms with van der Waals surface area (Å²) in [7, 11) is -3.85. The molecule has 1 amide bonds. The molecule has 2 rings (SSSR count). The molecule has 1 aromatic heterocycles. The van der Waals surface area contributed by atoms with Gasteiger partial charge in [-0.3, -0.25) is 4.79 Å². The van der Waals surface area contributed by atoms with Crippen LogP contribution in [0.5, 0.6) is 0 Å². The van der Waals surface area contributed by atoms with Crippen LogP contribution in [0.25, 0.3) is 0 Å². The van der Waals surface area contributed by atoms with Gasteiger partial charge in [0, 0.05) is 11.8 Å². The first-order valence-corrected chi connectivity index (χ1v) is 8.70. The Hall–Kier alpha value is -2.56. The zero-order chi connectivity index (χ0) is 18.8. The summed E-state index contributed by atoms with van der Waals surface area (Å²) in [4.78, 5) is 12.1. The predicted molar refractivity (Wildman–Crippen MR) is 83.5 cm³/mol. The van der Waals surface area contributed by atoms with E-state index >= 15 is 0 Å². The van der Waals surface area contributed by atoms with E-state index in [-0.39, 0.29) is 11.5 Å². The number of carbonyl (C=O) groups is 1. The molecule has 1 aromatic carbocycles. The van der Waals surface area contributed by atoms with Gasteiger partial charge in [0.25, 0.3) is 0 Å². The minimum Gasteiger partial charge on any atom is -0.360 e. The highest BCUT2D eigenvalue weighted by Gasteiger charge is 2.30. The molecule has 0 aliphatic heterocycles. The largest absolute Gasteiger partial charge is 0.416 e. The lowest BCUT2D eigenvalue weighted by Crippen LogP contribution is -2.37. The van der Waals surface area contributed by atoms with Crippen LogP contribution in [-0.2, 0) is 21.0 Å². The molecule has 1 N–H and O–H groups in total. The van der Waals surface area contributed by atoms with Crippen LogP contribution in [0.15, 0.2) is 34.9 Å². The van der Waals surface area contributed by atoms with E-state index in [2.05, 4.69) is 10.5 Å². The number of sulfonamides is 1. The number of halogens is 3. The second-order valence-corrected chi connectivity index (χ2v) is 7.10. The Bertz CT molecular complexity index is 877. The molecule has 7 nitrogen and oxygen atoms in total. The lowest BCUT2D eigenvalue weighted by molar-refractivity contribution is -0.137. The third kappa shape index (κ3) is 4.95. The number of carbonyl (C=O) groups excluding carboxylic acids is 1. The first-order chi connectivity index (χ1) is 11.5. The molecule has 0 spiro atoms. The van der Waals surface area contributed by atoms with E-state index in [9.17, 15) is 26.4 Å². The van der Waals surface area contributed by atoms with Crippen LogP contribution < -0.4 is 9.62 Å². The Balaban J connectivity index is 2.17. The normalized spacial score (nSPS) is 12.0. The van der Waals surface area contributed by atoms with E-state index in [1.165, 1.54) is 12.1 Å². The number of nitrogens with zero attached hydrogens (tertiary/aromatic N) is 2. The molecule has 0 radical (unpaired) electrons. The third-order valence-corrected chi connectivity index (χ3v) is 4.15. The number of aryl methyl sites for hydroxylation is 1. The SMILES string of the molecule is Cc1cc(N(CC(=O)Nc2cccc(C(F)(F)F)c2)S(C)(=O)=O)no1. The monoisotopic (exact) mass is 377 g/mol. The number of aromatic nitrogens is 1. The number of hydrogen-bond donors (Lipinski definition) is 1. The minimum atomic E-state index is -4.56. The fourth-order valence-corrected chi connectivity index (χ4v) is 2.72. The molecule has 0 aliphatic carbocycles. The van der Waals surface area contributed by atoms with Crippen molar-refractivity contribution in [3.8, 4) is 0 Å². The van der Waals surface area contributed by atoms with E-state index < -0.39 is 34.2 Å². The maximum Gasteiger partial charge on any atom is 0.416 e. The van der Waals surface area contributed by atoms with E-state index in [1.54, 1.807) is 6.92 Å². The number of rotatable bonds is 5. The lowest BCUT2D eigenvalue weighted by atomic mass is 10.2. The quantitative estimate of drug-likeness (QED) is 0.864. The molecular formula is C14H14F3N3O4S. The summed E-state index contributed by atoms with van der Waals surface area (Å²) >= 11 is 0. The van der Waals surface area contributed by atoms with Crippen LogP contribution >= 0.6 is 0 Å². The van der Waals surface area contributed by atoms with E-state index in [0.29, 0.717) is 10.1 Å². The highest BCUT2D eigenvalue weighted by molar-refractivity contribution is 7.92. The highest BCUT2D eigenvalue weighted by Crippen LogP contribution is 2.30. The molecule has 136 valence electrons. The van der Waals surface area contributed by atoms with Crippen molar-refractivity contribution in [3.05, 3.63) is 41.7 Å². The van der Waals surface area contributed by atoms with Gasteiger partial charge in [-0.05, 0) is 25.1 Å². The topological polar surface area (TPSA) is 92.5 Å². The van der Waals surface area contributed by atoms with Crippen molar-refractivity contribution in [3.63, 3.8) is 0 Å². The maximum atomic E-state index is 12.7. The summed E-state index contributed by atoms with van der Waals surface area (Å²) in [6.07, 6.45) is -3.69. The fraction of sp³-hybridized carbons (Fsp3) is 0.286. The summed E-state index contributed by atoms with van der Waals surface area (Å²) in [6, 6.07) is 5.32. The average Bonchev–Trinajstić information content (AvgIpc) is 2.89. The standard InChI is InChI=1S/C14H14F3N3O4S/c1-9-6-12(19-24-9)20(25(2,22)23)8-13(21)18-11-5-3-4-10(7-11)14(15,16)17/h3-7H,8H2,1-2H3,(H,18,21). The Morgan fingerprint density at radius 2 is 2.00 bits per heavy atom. The molecule has 0 saturated carbocycles. The summed E-state index contributed by atoms with van der Waals surface area (Å²) in [5.41, 5.74) is -1.04. The van der Waals surface area contributed by atoms with Gasteiger partial charge < -0.3 is 9.84 Å². The van der Waals surface area contributed by atoms with Gasteiger partial charge >= 0.3 is 6.18 Å². The number of alkyl halides is 3. The molecule has 0 fully saturated rings. The minimum absolute atomic E-state index is 0.0980. The molecule has 0 atom stereocenters. The second-order valence-electron chi connectivity index (χ2n) is 5.19. The number of anilines is 2. The van der Waals surface area contributed by atoms with E-state index in [0.717, 1.165) is 24.5 Å². The molecule has 1 heterocycles. The Labute approximate surface area is 141 Å². The second kappa shape index (κ2) is 6.75. The van der Waals surface area contributed by atoms with Gasteiger partial charge in [-0.1, -0.05) is 11.2 Å². The maximum absolute atomic E-state index is 12.7. The number of amides is 1. The van der Waals surface area contributed by atoms with Gasteiger partial charge in [0.1, 0.15) is 12.3 Å². The predicted octanol–water partition coefficient (Wildman–Crippen LogP) is 2.41. The van der Waals surface area contributed by atoms with E-state index in [1.807, 2.05) is 0 Å². The van der Waals surface area contributed by atoms with Crippen molar-refractivity contribution < 1.29 is 30.9 Å². The van der Waals surface area contributed by atoms with Gasteiger partial charge in [0.2, 0.25) is 15.9 Å². The number of hydrogen-bond acceptors (Lipinski definition) is 5. The van der Waals surface area contributed by atoms with E-state index in [4.69, 9.17) is 4.52 Å². The molecule has 0 bridgehead atoms. The van der Waals surface area contributed by atoms with Gasteiger partial charge in [0.15, 0.2) is 5.82 Å². The molecule has 0 aliphatic rings. The summed E-state index contributed by atoms with van der Waals surface area (Å²) < 4.78 is 67.2. The molecule has 0 unspecified atom stereocenters. The van der Waals surface area contributed by atoms with Crippen molar-refractivity contribution in [1.82, 2.24) is 5.16 Å². The third-order valence-electron chi connectivity index (χ3n) is 3.03. The average molecular weight is 377 g/mol. The van der Waals surface area contributed by atoms with Crippen LogP contribution in [0.2, 0.25) is 0 Å². The zero-order valence-corrected chi connectivity index (χ0v) is 14.0. The Morgan fingerprint density at radius 1 is 1.32 bits per heavy atom. The van der Waals surface area contributed by atoms with Crippen molar-refractivity contribution in [2.75, 3.05) is 22.4 Å². The zero-order valence-electron chi connectivity index (χ0n) is 13.2. The summed E-state index contributed by atoms with van der Waals surface area (Å²) in [5.74, 6) is -0.591. The number of nitrogens with one attached hydrogen (secondary N) is 1. The molecule has 25 heavy (non-hydrogen) atoms. The van der Waals surface area contributed by atoms with Crippen molar-refractivity contribution in [2.45, 2.75) is 13.1 Å². The van der Waals surface area contributed by atoms with Crippen LogP contribution in [0.3, 0.4) is 0 Å². The first kappa shape index (κ1) is 18.8. The van der Waals surface area contributed by atoms with Crippen molar-refractivity contribution >= 4 is 27.4 Å². The molecule has 11 heteroatoms. The Morgan fingerprint density at radius 3 is 2.52 bits per heavy atom. The van der Waals surface area contributed by atoms with Gasteiger partial charge in [0.05, 0.1) is 11.8 Å². The van der Waals surface area contributed by atoms with Crippen molar-refractivity contribution in [2.24, 2.45) is 0 Å². The summed E-state index contributed by atoms with van der Waals surface area (Å²) in [6.45, 7) is 0.876. The lowest BCUT2D eigenvalue weighted by Gasteiger charge is -2.18. The van der Waals surface area contributed by atoms with Gasteiger partial charge in [-0.15, -0.1) is 0 Å². The van der Waals surface area contributed by atoms with Crippen LogP contribution in [0.1, 0.15) is 11.3 Å². The van der Waals surface area contributed by atoms with Crippen LogP contribution in [0.4, 0.5) is 24.7 Å². The Kier molecular flexibility index (Phi) is 5.07. The van der Waals surface area contributed by atoms with Crippen LogP contribution in [0, 0.1) is 6.92 Å². The molecule has 0 saturated heterocycles. The smallest absolute Gasteiger partial charge is 0.360 e. The summed E-state index contributed by atoms with van der Waals surface area (Å²) in [5, 5.41) is 5.76. The molecular weight excluding hydrogens is 363 g/mol. The highest BCUT2D eigenvalue weighted by atomic mass is 32.2.